The van der Waals surface area contributed by atoms with Crippen molar-refractivity contribution >= 4 is 11.6 Å². The lowest BCUT2D eigenvalue weighted by molar-refractivity contribution is 0.773. The van der Waals surface area contributed by atoms with Crippen molar-refractivity contribution in [2.75, 3.05) is 10.7 Å². The molecule has 14 heavy (non-hydrogen) atoms. The Kier molecular flexibility index (Phi) is 2.49. The lowest BCUT2D eigenvalue weighted by Gasteiger charge is -2.05. The molecule has 2 atom stereocenters. The number of nitrogens with two attached hydrogens (primary N) is 1. The van der Waals surface area contributed by atoms with Crippen LogP contribution in [0, 0.1) is 5.92 Å². The van der Waals surface area contributed by atoms with E-state index < -0.39 is 0 Å². The predicted molar refractivity (Wildman–Crippen MR) is 55.7 cm³/mol. The molecule has 5 nitrogen and oxygen atoms in total. The van der Waals surface area contributed by atoms with E-state index in [9.17, 15) is 0 Å². The maximum atomic E-state index is 5.24. The number of nitrogens with zero attached hydrogens (tertiary/aromatic N) is 2. The summed E-state index contributed by atoms with van der Waals surface area (Å²) in [5.41, 5.74) is 2.47. The number of aromatic nitrogens is 2. The molecule has 0 radical (unpaired) electrons. The zero-order valence-electron chi connectivity index (χ0n) is 8.20. The Hall–Kier alpha value is -1.36. The molecular weight excluding hydrogens is 178 g/mol. The summed E-state index contributed by atoms with van der Waals surface area (Å²) >= 11 is 0. The quantitative estimate of drug-likeness (QED) is 0.490. The van der Waals surface area contributed by atoms with E-state index in [1.807, 2.05) is 0 Å². The maximum absolute atomic E-state index is 5.24. The molecule has 0 saturated heterocycles. The third-order valence-electron chi connectivity index (χ3n) is 2.56. The van der Waals surface area contributed by atoms with Crippen LogP contribution < -0.4 is 16.6 Å². The van der Waals surface area contributed by atoms with Crippen LogP contribution in [0.2, 0.25) is 0 Å². The number of hydrogen-bond acceptors (Lipinski definition) is 5. The van der Waals surface area contributed by atoms with E-state index in [0.29, 0.717) is 11.9 Å². The van der Waals surface area contributed by atoms with E-state index in [0.717, 1.165) is 11.7 Å². The van der Waals surface area contributed by atoms with Crippen molar-refractivity contribution in [3.63, 3.8) is 0 Å². The fraction of sp³-hybridized carbons (Fsp3) is 0.556. The molecule has 0 aromatic carbocycles. The fourth-order valence-electron chi connectivity index (χ4n) is 1.57. The molecule has 1 aromatic heterocycles. The van der Waals surface area contributed by atoms with E-state index in [1.165, 1.54) is 12.8 Å². The van der Waals surface area contributed by atoms with Gasteiger partial charge in [0.15, 0.2) is 5.82 Å². The predicted octanol–water partition coefficient (Wildman–Crippen LogP) is 0.973. The molecule has 1 aliphatic carbocycles. The Labute approximate surface area is 83.1 Å². The fourth-order valence-corrected chi connectivity index (χ4v) is 1.57. The Morgan fingerprint density at radius 3 is 2.93 bits per heavy atom. The highest BCUT2D eigenvalue weighted by atomic mass is 15.3. The zero-order chi connectivity index (χ0) is 9.97. The minimum atomic E-state index is 0.572. The first-order chi connectivity index (χ1) is 6.83. The molecule has 1 saturated carbocycles. The average molecular weight is 193 g/mol. The summed E-state index contributed by atoms with van der Waals surface area (Å²) in [5.74, 6) is 7.42. The van der Waals surface area contributed by atoms with Crippen molar-refractivity contribution in [1.82, 2.24) is 9.97 Å². The zero-order valence-corrected chi connectivity index (χ0v) is 8.20. The highest BCUT2D eigenvalue weighted by molar-refractivity contribution is 5.42. The van der Waals surface area contributed by atoms with E-state index in [1.54, 1.807) is 12.4 Å². The Morgan fingerprint density at radius 2 is 2.29 bits per heavy atom. The summed E-state index contributed by atoms with van der Waals surface area (Å²) in [7, 11) is 0. The minimum absolute atomic E-state index is 0.572. The monoisotopic (exact) mass is 193 g/mol. The van der Waals surface area contributed by atoms with Gasteiger partial charge < -0.3 is 10.7 Å². The first kappa shape index (κ1) is 9.21. The second-order valence-electron chi connectivity index (χ2n) is 3.59. The van der Waals surface area contributed by atoms with Crippen LogP contribution in [0.5, 0.6) is 0 Å². The standard InChI is InChI=1S/C9H15N5/c1-2-6-3-7(6)12-8-4-11-5-9(13-8)14-10/h4-7H,2-3,10H2,1H3,(H2,12,13,14). The van der Waals surface area contributed by atoms with Crippen LogP contribution in [-0.4, -0.2) is 16.0 Å². The molecule has 2 unspecified atom stereocenters. The number of hydrazine groups is 1. The molecule has 0 bridgehead atoms. The molecule has 0 spiro atoms. The molecule has 2 rings (SSSR count). The number of anilines is 2. The van der Waals surface area contributed by atoms with Crippen LogP contribution in [0.4, 0.5) is 11.6 Å². The van der Waals surface area contributed by atoms with Gasteiger partial charge in [0.25, 0.3) is 0 Å². The minimum Gasteiger partial charge on any atom is -0.366 e. The van der Waals surface area contributed by atoms with Crippen molar-refractivity contribution < 1.29 is 0 Å². The van der Waals surface area contributed by atoms with Crippen molar-refractivity contribution in [1.29, 1.82) is 0 Å². The van der Waals surface area contributed by atoms with Gasteiger partial charge in [0.2, 0.25) is 0 Å². The van der Waals surface area contributed by atoms with Gasteiger partial charge in [-0.25, -0.2) is 10.8 Å². The highest BCUT2D eigenvalue weighted by Gasteiger charge is 2.35. The molecule has 1 aromatic rings. The van der Waals surface area contributed by atoms with Gasteiger partial charge in [0, 0.05) is 6.04 Å². The molecule has 1 aliphatic rings. The third kappa shape index (κ3) is 1.93. The van der Waals surface area contributed by atoms with Crippen LogP contribution in [0.1, 0.15) is 19.8 Å². The summed E-state index contributed by atoms with van der Waals surface area (Å²) in [5, 5.41) is 3.32. The normalized spacial score (nSPS) is 24.4. The van der Waals surface area contributed by atoms with Crippen LogP contribution in [-0.2, 0) is 0 Å². The summed E-state index contributed by atoms with van der Waals surface area (Å²) in [6.45, 7) is 2.20. The SMILES string of the molecule is CCC1CC1Nc1cncc(NN)n1. The van der Waals surface area contributed by atoms with Gasteiger partial charge in [-0.05, 0) is 12.3 Å². The Bertz CT molecular complexity index is 314. The smallest absolute Gasteiger partial charge is 0.160 e. The van der Waals surface area contributed by atoms with Crippen molar-refractivity contribution in [2.45, 2.75) is 25.8 Å². The van der Waals surface area contributed by atoms with Crippen LogP contribution in [0.25, 0.3) is 0 Å². The third-order valence-corrected chi connectivity index (χ3v) is 2.56. The van der Waals surface area contributed by atoms with Gasteiger partial charge >= 0.3 is 0 Å². The number of rotatable bonds is 4. The summed E-state index contributed by atoms with van der Waals surface area (Å²) < 4.78 is 0. The van der Waals surface area contributed by atoms with Crippen molar-refractivity contribution in [3.8, 4) is 0 Å². The maximum Gasteiger partial charge on any atom is 0.160 e. The summed E-state index contributed by atoms with van der Waals surface area (Å²) in [4.78, 5) is 8.25. The second-order valence-corrected chi connectivity index (χ2v) is 3.59. The molecule has 5 heteroatoms. The van der Waals surface area contributed by atoms with Gasteiger partial charge in [0.05, 0.1) is 12.4 Å². The van der Waals surface area contributed by atoms with Gasteiger partial charge in [-0.15, -0.1) is 0 Å². The topological polar surface area (TPSA) is 75.9 Å². The Morgan fingerprint density at radius 1 is 1.50 bits per heavy atom. The summed E-state index contributed by atoms with van der Waals surface area (Å²) in [6.07, 6.45) is 5.76. The second kappa shape index (κ2) is 3.79. The van der Waals surface area contributed by atoms with E-state index in [4.69, 9.17) is 5.84 Å². The van der Waals surface area contributed by atoms with Crippen LogP contribution >= 0.6 is 0 Å². The molecular formula is C9H15N5. The molecule has 76 valence electrons. The lowest BCUT2D eigenvalue weighted by Crippen LogP contribution is -2.11. The van der Waals surface area contributed by atoms with E-state index >= 15 is 0 Å². The largest absolute Gasteiger partial charge is 0.366 e. The van der Waals surface area contributed by atoms with E-state index in [2.05, 4.69) is 27.6 Å². The molecule has 1 fully saturated rings. The first-order valence-corrected chi connectivity index (χ1v) is 4.88. The number of hydrogen-bond donors (Lipinski definition) is 3. The molecule has 4 N–H and O–H groups in total. The van der Waals surface area contributed by atoms with Crippen LogP contribution in [0.15, 0.2) is 12.4 Å². The van der Waals surface area contributed by atoms with Gasteiger partial charge in [-0.1, -0.05) is 13.3 Å². The summed E-state index contributed by atoms with van der Waals surface area (Å²) in [6, 6.07) is 0.572. The number of nitrogen functional groups attached to an aromatic ring is 1. The van der Waals surface area contributed by atoms with Crippen molar-refractivity contribution in [2.24, 2.45) is 11.8 Å². The number of nitrogens with one attached hydrogen (secondary N) is 2. The molecule has 0 amide bonds. The molecule has 0 aliphatic heterocycles. The highest BCUT2D eigenvalue weighted by Crippen LogP contribution is 2.35. The van der Waals surface area contributed by atoms with Crippen LogP contribution in [0.3, 0.4) is 0 Å². The Balaban J connectivity index is 1.96. The van der Waals surface area contributed by atoms with Crippen molar-refractivity contribution in [3.05, 3.63) is 12.4 Å². The lowest BCUT2D eigenvalue weighted by atomic mass is 10.3. The van der Waals surface area contributed by atoms with Gasteiger partial charge in [0.1, 0.15) is 5.82 Å². The molecule has 1 heterocycles. The van der Waals surface area contributed by atoms with Gasteiger partial charge in [-0.2, -0.15) is 0 Å². The van der Waals surface area contributed by atoms with E-state index in [-0.39, 0.29) is 0 Å². The average Bonchev–Trinajstić information content (AvgIpc) is 2.97. The van der Waals surface area contributed by atoms with Gasteiger partial charge in [-0.3, -0.25) is 4.98 Å². The first-order valence-electron chi connectivity index (χ1n) is 4.88.